The van der Waals surface area contributed by atoms with Crippen molar-refractivity contribution in [2.24, 2.45) is 0 Å². The molecule has 1 aromatic carbocycles. The number of nitrogens with one attached hydrogen (secondary N) is 1. The van der Waals surface area contributed by atoms with Crippen LogP contribution in [0.2, 0.25) is 0 Å². The number of hydrogen-bond acceptors (Lipinski definition) is 4. The number of carbonyl (C=O) groups excluding carboxylic acids is 1. The lowest BCUT2D eigenvalue weighted by atomic mass is 10.1. The molecule has 0 spiro atoms. The standard InChI is InChI=1S/C17H19FN2O3/c1-11-3-8-16(12(2)20-11)17(22)19-9-14(21)10-23-15-6-4-13(18)5-7-15/h3-8,14,21H,9-10H2,1-2H3,(H,19,22). The number of rotatable bonds is 6. The number of amides is 1. The summed E-state index contributed by atoms with van der Waals surface area (Å²) in [5, 5.41) is 12.5. The minimum atomic E-state index is -0.872. The summed E-state index contributed by atoms with van der Waals surface area (Å²) in [5.41, 5.74) is 1.95. The first kappa shape index (κ1) is 16.9. The number of benzene rings is 1. The van der Waals surface area contributed by atoms with Crippen LogP contribution in [0.3, 0.4) is 0 Å². The highest BCUT2D eigenvalue weighted by molar-refractivity contribution is 5.95. The highest BCUT2D eigenvalue weighted by Crippen LogP contribution is 2.11. The second-order valence-corrected chi connectivity index (χ2v) is 5.21. The molecule has 0 fully saturated rings. The number of pyridine rings is 1. The number of halogens is 1. The van der Waals surface area contributed by atoms with Gasteiger partial charge in [-0.3, -0.25) is 9.78 Å². The zero-order valence-electron chi connectivity index (χ0n) is 13.0. The van der Waals surface area contributed by atoms with E-state index in [9.17, 15) is 14.3 Å². The van der Waals surface area contributed by atoms with E-state index >= 15 is 0 Å². The zero-order valence-corrected chi connectivity index (χ0v) is 13.0. The van der Waals surface area contributed by atoms with Gasteiger partial charge < -0.3 is 15.2 Å². The van der Waals surface area contributed by atoms with E-state index in [1.807, 2.05) is 6.92 Å². The van der Waals surface area contributed by atoms with E-state index in [2.05, 4.69) is 10.3 Å². The van der Waals surface area contributed by atoms with Gasteiger partial charge in [-0.15, -0.1) is 0 Å². The fraction of sp³-hybridized carbons (Fsp3) is 0.294. The SMILES string of the molecule is Cc1ccc(C(=O)NCC(O)COc2ccc(F)cc2)c(C)n1. The van der Waals surface area contributed by atoms with Gasteiger partial charge in [-0.1, -0.05) is 0 Å². The highest BCUT2D eigenvalue weighted by atomic mass is 19.1. The number of ether oxygens (including phenoxy) is 1. The molecule has 23 heavy (non-hydrogen) atoms. The third kappa shape index (κ3) is 5.03. The molecule has 1 aromatic heterocycles. The van der Waals surface area contributed by atoms with Crippen LogP contribution < -0.4 is 10.1 Å². The Labute approximate surface area is 134 Å². The third-order valence-electron chi connectivity index (χ3n) is 3.22. The molecule has 0 bridgehead atoms. The number of aliphatic hydroxyl groups excluding tert-OH is 1. The van der Waals surface area contributed by atoms with Gasteiger partial charge in [-0.05, 0) is 50.2 Å². The molecule has 0 aliphatic carbocycles. The van der Waals surface area contributed by atoms with Crippen LogP contribution in [0, 0.1) is 19.7 Å². The van der Waals surface area contributed by atoms with Crippen LogP contribution >= 0.6 is 0 Å². The van der Waals surface area contributed by atoms with Crippen LogP contribution in [0.1, 0.15) is 21.7 Å². The van der Waals surface area contributed by atoms with E-state index in [-0.39, 0.29) is 24.9 Å². The average molecular weight is 318 g/mol. The largest absolute Gasteiger partial charge is 0.491 e. The Morgan fingerprint density at radius 1 is 1.26 bits per heavy atom. The van der Waals surface area contributed by atoms with E-state index < -0.39 is 6.10 Å². The van der Waals surface area contributed by atoms with Crippen LogP contribution in [0.4, 0.5) is 4.39 Å². The quantitative estimate of drug-likeness (QED) is 0.855. The minimum Gasteiger partial charge on any atom is -0.491 e. The molecular weight excluding hydrogens is 299 g/mol. The maximum atomic E-state index is 12.8. The molecule has 1 unspecified atom stereocenters. The van der Waals surface area contributed by atoms with Gasteiger partial charge in [0.15, 0.2) is 0 Å². The maximum absolute atomic E-state index is 12.8. The predicted octanol–water partition coefficient (Wildman–Crippen LogP) is 2.01. The minimum absolute atomic E-state index is 0.00293. The van der Waals surface area contributed by atoms with Crippen molar-refractivity contribution in [3.63, 3.8) is 0 Å². The molecule has 0 saturated heterocycles. The Bertz CT molecular complexity index is 674. The molecule has 0 aliphatic heterocycles. The van der Waals surface area contributed by atoms with Gasteiger partial charge in [0.2, 0.25) is 0 Å². The van der Waals surface area contributed by atoms with E-state index in [0.717, 1.165) is 5.69 Å². The highest BCUT2D eigenvalue weighted by Gasteiger charge is 2.12. The fourth-order valence-electron chi connectivity index (χ4n) is 2.01. The number of carbonyl (C=O) groups is 1. The maximum Gasteiger partial charge on any atom is 0.253 e. The molecule has 2 aromatic rings. The summed E-state index contributed by atoms with van der Waals surface area (Å²) >= 11 is 0. The van der Waals surface area contributed by atoms with Gasteiger partial charge in [0.05, 0.1) is 11.3 Å². The van der Waals surface area contributed by atoms with Crippen molar-refractivity contribution >= 4 is 5.91 Å². The summed E-state index contributed by atoms with van der Waals surface area (Å²) in [6, 6.07) is 8.96. The Morgan fingerprint density at radius 2 is 1.96 bits per heavy atom. The first-order valence-electron chi connectivity index (χ1n) is 7.24. The van der Waals surface area contributed by atoms with E-state index in [1.165, 1.54) is 24.3 Å². The lowest BCUT2D eigenvalue weighted by molar-refractivity contribution is 0.0842. The Kier molecular flexibility index (Phi) is 5.65. The zero-order chi connectivity index (χ0) is 16.8. The Hall–Kier alpha value is -2.47. The molecule has 1 heterocycles. The van der Waals surface area contributed by atoms with Crippen molar-refractivity contribution in [1.29, 1.82) is 0 Å². The number of aromatic nitrogens is 1. The van der Waals surface area contributed by atoms with E-state index in [0.29, 0.717) is 17.0 Å². The van der Waals surface area contributed by atoms with Crippen molar-refractivity contribution in [2.45, 2.75) is 20.0 Å². The summed E-state index contributed by atoms with van der Waals surface area (Å²) in [7, 11) is 0. The molecule has 1 amide bonds. The van der Waals surface area contributed by atoms with Crippen LogP contribution in [-0.4, -0.2) is 35.3 Å². The summed E-state index contributed by atoms with van der Waals surface area (Å²) in [6.07, 6.45) is -0.872. The molecule has 2 rings (SSSR count). The first-order chi connectivity index (χ1) is 11.0. The second-order valence-electron chi connectivity index (χ2n) is 5.21. The fourth-order valence-corrected chi connectivity index (χ4v) is 2.01. The molecule has 2 N–H and O–H groups in total. The van der Waals surface area contributed by atoms with Gasteiger partial charge in [0.1, 0.15) is 24.3 Å². The lowest BCUT2D eigenvalue weighted by Crippen LogP contribution is -2.35. The summed E-state index contributed by atoms with van der Waals surface area (Å²) in [5.74, 6) is -0.196. The molecule has 6 heteroatoms. The number of nitrogens with zero attached hydrogens (tertiary/aromatic N) is 1. The second kappa shape index (κ2) is 7.69. The summed E-state index contributed by atoms with van der Waals surface area (Å²) in [4.78, 5) is 16.3. The molecule has 0 aliphatic rings. The average Bonchev–Trinajstić information content (AvgIpc) is 2.52. The topological polar surface area (TPSA) is 71.5 Å². The van der Waals surface area contributed by atoms with Gasteiger partial charge >= 0.3 is 0 Å². The molecule has 122 valence electrons. The molecule has 0 radical (unpaired) electrons. The van der Waals surface area contributed by atoms with Crippen molar-refractivity contribution in [3.05, 3.63) is 59.2 Å². The molecule has 0 saturated carbocycles. The monoisotopic (exact) mass is 318 g/mol. The van der Waals surface area contributed by atoms with Crippen molar-refractivity contribution in [1.82, 2.24) is 10.3 Å². The van der Waals surface area contributed by atoms with Gasteiger partial charge in [-0.25, -0.2) is 4.39 Å². The molecule has 1 atom stereocenters. The van der Waals surface area contributed by atoms with Crippen LogP contribution in [0.15, 0.2) is 36.4 Å². The first-order valence-corrected chi connectivity index (χ1v) is 7.24. The molecule has 5 nitrogen and oxygen atoms in total. The van der Waals surface area contributed by atoms with Gasteiger partial charge in [0, 0.05) is 12.2 Å². The van der Waals surface area contributed by atoms with Crippen LogP contribution in [-0.2, 0) is 0 Å². The van der Waals surface area contributed by atoms with E-state index in [4.69, 9.17) is 4.74 Å². The number of aryl methyl sites for hydroxylation is 2. The van der Waals surface area contributed by atoms with E-state index in [1.54, 1.807) is 19.1 Å². The summed E-state index contributed by atoms with van der Waals surface area (Å²) < 4.78 is 18.1. The van der Waals surface area contributed by atoms with Crippen molar-refractivity contribution in [2.75, 3.05) is 13.2 Å². The number of hydrogen-bond donors (Lipinski definition) is 2. The van der Waals surface area contributed by atoms with Crippen molar-refractivity contribution in [3.8, 4) is 5.75 Å². The van der Waals surface area contributed by atoms with Gasteiger partial charge in [0.25, 0.3) is 5.91 Å². The number of aliphatic hydroxyl groups is 1. The van der Waals surface area contributed by atoms with Gasteiger partial charge in [-0.2, -0.15) is 0 Å². The summed E-state index contributed by atoms with van der Waals surface area (Å²) in [6.45, 7) is 3.66. The Balaban J connectivity index is 1.80. The Morgan fingerprint density at radius 3 is 2.61 bits per heavy atom. The van der Waals surface area contributed by atoms with Crippen LogP contribution in [0.5, 0.6) is 5.75 Å². The smallest absolute Gasteiger partial charge is 0.253 e. The third-order valence-corrected chi connectivity index (χ3v) is 3.22. The lowest BCUT2D eigenvalue weighted by Gasteiger charge is -2.14. The van der Waals surface area contributed by atoms with Crippen LogP contribution in [0.25, 0.3) is 0 Å². The molecular formula is C17H19FN2O3. The van der Waals surface area contributed by atoms with Crippen molar-refractivity contribution < 1.29 is 19.0 Å². The predicted molar refractivity (Wildman–Crippen MR) is 83.9 cm³/mol. The normalized spacial score (nSPS) is 11.8.